The third-order valence-electron chi connectivity index (χ3n) is 4.77. The average molecular weight is 322 g/mol. The molecule has 0 N–H and O–H groups in total. The Bertz CT molecular complexity index is 457. The van der Waals surface area contributed by atoms with Crippen molar-refractivity contribution in [2.45, 2.75) is 38.1 Å². The normalized spacial score (nSPS) is 23.6. The largest absolute Gasteiger partial charge is 0.379 e. The summed E-state index contributed by atoms with van der Waals surface area (Å²) < 4.78 is 5.40. The van der Waals surface area contributed by atoms with Crippen LogP contribution in [0.15, 0.2) is 16.8 Å². The van der Waals surface area contributed by atoms with E-state index in [4.69, 9.17) is 4.74 Å². The average Bonchev–Trinajstić information content (AvgIpc) is 3.07. The molecular formula is C17H26N2O2S. The molecule has 1 atom stereocenters. The van der Waals surface area contributed by atoms with E-state index in [0.717, 1.165) is 57.8 Å². The SMILES string of the molecule is O=C(Cc1ccsc1)N1CCCC[C@@H]1CCN1CCOCC1. The van der Waals surface area contributed by atoms with Crippen LogP contribution in [0.5, 0.6) is 0 Å². The summed E-state index contributed by atoms with van der Waals surface area (Å²) in [6.07, 6.45) is 5.26. The number of ether oxygens (including phenoxy) is 1. The van der Waals surface area contributed by atoms with Gasteiger partial charge in [0.25, 0.3) is 0 Å². The van der Waals surface area contributed by atoms with Crippen LogP contribution in [-0.4, -0.2) is 61.1 Å². The highest BCUT2D eigenvalue weighted by molar-refractivity contribution is 7.07. The molecule has 1 aromatic heterocycles. The molecule has 0 radical (unpaired) electrons. The number of piperidine rings is 1. The van der Waals surface area contributed by atoms with Crippen LogP contribution >= 0.6 is 11.3 Å². The highest BCUT2D eigenvalue weighted by Gasteiger charge is 2.27. The fourth-order valence-electron chi connectivity index (χ4n) is 3.45. The number of amides is 1. The molecule has 2 aliphatic rings. The second-order valence-corrected chi connectivity index (χ2v) is 7.07. The lowest BCUT2D eigenvalue weighted by Gasteiger charge is -2.37. The van der Waals surface area contributed by atoms with E-state index < -0.39 is 0 Å². The Hall–Kier alpha value is -0.910. The number of morpholine rings is 1. The van der Waals surface area contributed by atoms with E-state index in [-0.39, 0.29) is 0 Å². The van der Waals surface area contributed by atoms with Gasteiger partial charge in [0.15, 0.2) is 0 Å². The molecule has 22 heavy (non-hydrogen) atoms. The molecule has 0 saturated carbocycles. The number of rotatable bonds is 5. The lowest BCUT2D eigenvalue weighted by atomic mass is 9.98. The van der Waals surface area contributed by atoms with Crippen molar-refractivity contribution >= 4 is 17.2 Å². The summed E-state index contributed by atoms with van der Waals surface area (Å²) in [5, 5.41) is 4.14. The molecule has 3 rings (SSSR count). The molecule has 3 heterocycles. The highest BCUT2D eigenvalue weighted by atomic mass is 32.1. The van der Waals surface area contributed by atoms with Crippen LogP contribution in [0.25, 0.3) is 0 Å². The first-order valence-corrected chi connectivity index (χ1v) is 9.38. The Kier molecular flexibility index (Phi) is 5.87. The van der Waals surface area contributed by atoms with Crippen molar-refractivity contribution in [1.82, 2.24) is 9.80 Å². The van der Waals surface area contributed by atoms with Gasteiger partial charge >= 0.3 is 0 Å². The molecule has 4 nitrogen and oxygen atoms in total. The zero-order chi connectivity index (χ0) is 15.2. The molecule has 0 bridgehead atoms. The van der Waals surface area contributed by atoms with E-state index in [0.29, 0.717) is 18.4 Å². The smallest absolute Gasteiger partial charge is 0.227 e. The summed E-state index contributed by atoms with van der Waals surface area (Å²) in [4.78, 5) is 17.3. The molecule has 0 spiro atoms. The maximum absolute atomic E-state index is 12.6. The number of hydrogen-bond acceptors (Lipinski definition) is 4. The van der Waals surface area contributed by atoms with Gasteiger partial charge in [0, 0.05) is 32.2 Å². The lowest BCUT2D eigenvalue weighted by Crippen LogP contribution is -2.46. The van der Waals surface area contributed by atoms with Crippen molar-refractivity contribution in [3.8, 4) is 0 Å². The van der Waals surface area contributed by atoms with Crippen LogP contribution in [0.2, 0.25) is 0 Å². The maximum Gasteiger partial charge on any atom is 0.227 e. The molecule has 5 heteroatoms. The van der Waals surface area contributed by atoms with Gasteiger partial charge in [-0.15, -0.1) is 0 Å². The summed E-state index contributed by atoms with van der Waals surface area (Å²) in [5.74, 6) is 0.310. The molecule has 2 aliphatic heterocycles. The molecule has 0 aliphatic carbocycles. The Morgan fingerprint density at radius 1 is 1.27 bits per heavy atom. The van der Waals surface area contributed by atoms with E-state index in [1.54, 1.807) is 11.3 Å². The molecule has 1 aromatic rings. The number of carbonyl (C=O) groups is 1. The quantitative estimate of drug-likeness (QED) is 0.834. The molecule has 122 valence electrons. The van der Waals surface area contributed by atoms with Gasteiger partial charge in [0.05, 0.1) is 19.6 Å². The highest BCUT2D eigenvalue weighted by Crippen LogP contribution is 2.22. The number of carbonyl (C=O) groups excluding carboxylic acids is 1. The Morgan fingerprint density at radius 3 is 2.91 bits per heavy atom. The predicted octanol–water partition coefficient (Wildman–Crippen LogP) is 2.39. The van der Waals surface area contributed by atoms with Gasteiger partial charge in [-0.2, -0.15) is 11.3 Å². The standard InChI is InChI=1S/C17H26N2O2S/c20-17(13-15-5-12-22-14-15)19-6-2-1-3-16(19)4-7-18-8-10-21-11-9-18/h5,12,14,16H,1-4,6-11,13H2/t16-/m1/s1. The van der Waals surface area contributed by atoms with Gasteiger partial charge in [-0.25, -0.2) is 0 Å². The minimum Gasteiger partial charge on any atom is -0.379 e. The summed E-state index contributed by atoms with van der Waals surface area (Å²) in [5.41, 5.74) is 1.16. The van der Waals surface area contributed by atoms with Crippen LogP contribution in [0, 0.1) is 0 Å². The second-order valence-electron chi connectivity index (χ2n) is 6.29. The van der Waals surface area contributed by atoms with Crippen molar-refractivity contribution in [3.63, 3.8) is 0 Å². The zero-order valence-corrected chi connectivity index (χ0v) is 14.0. The minimum absolute atomic E-state index is 0.310. The van der Waals surface area contributed by atoms with E-state index >= 15 is 0 Å². The fraction of sp³-hybridized carbons (Fsp3) is 0.706. The first-order chi connectivity index (χ1) is 10.8. The van der Waals surface area contributed by atoms with E-state index in [1.807, 2.05) is 0 Å². The lowest BCUT2D eigenvalue weighted by molar-refractivity contribution is -0.134. The summed E-state index contributed by atoms with van der Waals surface area (Å²) in [7, 11) is 0. The van der Waals surface area contributed by atoms with Gasteiger partial charge in [0.2, 0.25) is 5.91 Å². The van der Waals surface area contributed by atoms with Crippen molar-refractivity contribution in [2.75, 3.05) is 39.4 Å². The van der Waals surface area contributed by atoms with E-state index in [2.05, 4.69) is 26.6 Å². The summed E-state index contributed by atoms with van der Waals surface area (Å²) in [6.45, 7) is 5.81. The third-order valence-corrected chi connectivity index (χ3v) is 5.50. The van der Waals surface area contributed by atoms with E-state index in [9.17, 15) is 4.79 Å². The van der Waals surface area contributed by atoms with Crippen molar-refractivity contribution < 1.29 is 9.53 Å². The van der Waals surface area contributed by atoms with Gasteiger partial charge in [-0.1, -0.05) is 0 Å². The second kappa shape index (κ2) is 8.09. The molecule has 2 fully saturated rings. The van der Waals surface area contributed by atoms with Gasteiger partial charge in [-0.05, 0) is 48.1 Å². The minimum atomic E-state index is 0.310. The third kappa shape index (κ3) is 4.31. The topological polar surface area (TPSA) is 32.8 Å². The van der Waals surface area contributed by atoms with Crippen LogP contribution < -0.4 is 0 Å². The Balaban J connectivity index is 1.52. The number of hydrogen-bond donors (Lipinski definition) is 0. The summed E-state index contributed by atoms with van der Waals surface area (Å²) in [6, 6.07) is 2.50. The first kappa shape index (κ1) is 16.0. The predicted molar refractivity (Wildman–Crippen MR) is 89.3 cm³/mol. The molecule has 0 aromatic carbocycles. The molecular weight excluding hydrogens is 296 g/mol. The Labute approximate surface area is 137 Å². The molecule has 0 unspecified atom stereocenters. The zero-order valence-electron chi connectivity index (χ0n) is 13.2. The van der Waals surface area contributed by atoms with Crippen LogP contribution in [0.3, 0.4) is 0 Å². The molecule has 1 amide bonds. The first-order valence-electron chi connectivity index (χ1n) is 8.43. The Morgan fingerprint density at radius 2 is 2.14 bits per heavy atom. The number of thiophene rings is 1. The molecule has 2 saturated heterocycles. The van der Waals surface area contributed by atoms with Crippen LogP contribution in [0.1, 0.15) is 31.2 Å². The summed E-state index contributed by atoms with van der Waals surface area (Å²) >= 11 is 1.67. The fourth-order valence-corrected chi connectivity index (χ4v) is 4.12. The van der Waals surface area contributed by atoms with Crippen molar-refractivity contribution in [3.05, 3.63) is 22.4 Å². The van der Waals surface area contributed by atoms with Crippen LogP contribution in [0.4, 0.5) is 0 Å². The maximum atomic E-state index is 12.6. The number of likely N-dealkylation sites (tertiary alicyclic amines) is 1. The van der Waals surface area contributed by atoms with Crippen molar-refractivity contribution in [1.29, 1.82) is 0 Å². The number of nitrogens with zero attached hydrogens (tertiary/aromatic N) is 2. The monoisotopic (exact) mass is 322 g/mol. The van der Waals surface area contributed by atoms with Crippen molar-refractivity contribution in [2.24, 2.45) is 0 Å². The van der Waals surface area contributed by atoms with E-state index in [1.165, 1.54) is 12.8 Å². The van der Waals surface area contributed by atoms with Crippen LogP contribution in [-0.2, 0) is 16.0 Å². The van der Waals surface area contributed by atoms with Gasteiger partial charge < -0.3 is 9.64 Å². The van der Waals surface area contributed by atoms with Gasteiger partial charge in [-0.3, -0.25) is 9.69 Å². The van der Waals surface area contributed by atoms with Gasteiger partial charge in [0.1, 0.15) is 0 Å².